The SMILES string of the molecule is Cc1nccn1-c1ccc2[nH]cc(C3CCN(Cc4ccccc4)CC3)c2c1. The van der Waals surface area contributed by atoms with Crippen LogP contribution in [0.15, 0.2) is 67.1 Å². The van der Waals surface area contributed by atoms with Gasteiger partial charge < -0.3 is 9.55 Å². The van der Waals surface area contributed by atoms with Gasteiger partial charge in [-0.05, 0) is 68.1 Å². The van der Waals surface area contributed by atoms with Crippen LogP contribution in [0.4, 0.5) is 0 Å². The molecule has 0 unspecified atom stereocenters. The normalized spacial score (nSPS) is 16.0. The Hall–Kier alpha value is -2.85. The topological polar surface area (TPSA) is 36.9 Å². The summed E-state index contributed by atoms with van der Waals surface area (Å²) in [6.45, 7) is 5.43. The van der Waals surface area contributed by atoms with Gasteiger partial charge >= 0.3 is 0 Å². The van der Waals surface area contributed by atoms with E-state index < -0.39 is 0 Å². The summed E-state index contributed by atoms with van der Waals surface area (Å²) in [6.07, 6.45) is 8.56. The molecule has 1 aliphatic heterocycles. The highest BCUT2D eigenvalue weighted by Gasteiger charge is 2.23. The number of benzene rings is 2. The van der Waals surface area contributed by atoms with E-state index in [1.54, 1.807) is 0 Å². The van der Waals surface area contributed by atoms with E-state index in [9.17, 15) is 0 Å². The molecule has 4 nitrogen and oxygen atoms in total. The second-order valence-corrected chi connectivity index (χ2v) is 7.85. The van der Waals surface area contributed by atoms with Gasteiger partial charge in [-0.15, -0.1) is 0 Å². The fourth-order valence-electron chi connectivity index (χ4n) is 4.51. The van der Waals surface area contributed by atoms with E-state index in [0.717, 1.165) is 25.5 Å². The third kappa shape index (κ3) is 3.25. The van der Waals surface area contributed by atoms with Crippen LogP contribution < -0.4 is 0 Å². The summed E-state index contributed by atoms with van der Waals surface area (Å²) in [4.78, 5) is 10.4. The lowest BCUT2D eigenvalue weighted by atomic mass is 9.89. The fourth-order valence-corrected chi connectivity index (χ4v) is 4.51. The van der Waals surface area contributed by atoms with Crippen molar-refractivity contribution in [1.29, 1.82) is 0 Å². The number of hydrogen-bond donors (Lipinski definition) is 1. The maximum absolute atomic E-state index is 4.37. The van der Waals surface area contributed by atoms with Crippen molar-refractivity contribution in [3.05, 3.63) is 84.1 Å². The minimum absolute atomic E-state index is 0.625. The molecule has 2 aromatic heterocycles. The molecule has 0 radical (unpaired) electrons. The molecule has 0 atom stereocenters. The summed E-state index contributed by atoms with van der Waals surface area (Å²) < 4.78 is 2.15. The Morgan fingerprint density at radius 3 is 2.64 bits per heavy atom. The molecule has 142 valence electrons. The Balaban J connectivity index is 1.35. The Labute approximate surface area is 165 Å². The Kier molecular flexibility index (Phi) is 4.49. The molecule has 0 saturated carbocycles. The van der Waals surface area contributed by atoms with Gasteiger partial charge in [0.2, 0.25) is 0 Å². The van der Waals surface area contributed by atoms with E-state index >= 15 is 0 Å². The van der Waals surface area contributed by atoms with Crippen LogP contribution in [-0.2, 0) is 6.54 Å². The number of fused-ring (bicyclic) bond motifs is 1. The summed E-state index contributed by atoms with van der Waals surface area (Å²) in [6, 6.07) is 17.5. The van der Waals surface area contributed by atoms with Crippen LogP contribution in [0.25, 0.3) is 16.6 Å². The maximum atomic E-state index is 4.37. The van der Waals surface area contributed by atoms with Gasteiger partial charge in [-0.2, -0.15) is 0 Å². The van der Waals surface area contributed by atoms with E-state index in [1.807, 2.05) is 19.3 Å². The maximum Gasteiger partial charge on any atom is 0.110 e. The molecule has 2 aromatic carbocycles. The molecular weight excluding hydrogens is 344 g/mol. The van der Waals surface area contributed by atoms with Crippen molar-refractivity contribution >= 4 is 10.9 Å². The van der Waals surface area contributed by atoms with Crippen LogP contribution >= 0.6 is 0 Å². The molecular formula is C24H26N4. The summed E-state index contributed by atoms with van der Waals surface area (Å²) >= 11 is 0. The zero-order valence-corrected chi connectivity index (χ0v) is 16.3. The van der Waals surface area contributed by atoms with E-state index in [0.29, 0.717) is 5.92 Å². The van der Waals surface area contributed by atoms with Crippen molar-refractivity contribution in [2.75, 3.05) is 13.1 Å². The van der Waals surface area contributed by atoms with Crippen LogP contribution in [-0.4, -0.2) is 32.5 Å². The third-order valence-corrected chi connectivity index (χ3v) is 6.08. The number of nitrogens with zero attached hydrogens (tertiary/aromatic N) is 3. The molecule has 0 bridgehead atoms. The number of likely N-dealkylation sites (tertiary alicyclic amines) is 1. The highest BCUT2D eigenvalue weighted by Crippen LogP contribution is 2.34. The molecule has 3 heterocycles. The molecule has 1 fully saturated rings. The number of nitrogens with one attached hydrogen (secondary N) is 1. The highest BCUT2D eigenvalue weighted by molar-refractivity contribution is 5.85. The summed E-state index contributed by atoms with van der Waals surface area (Å²) in [7, 11) is 0. The summed E-state index contributed by atoms with van der Waals surface area (Å²) in [5, 5.41) is 1.35. The van der Waals surface area contributed by atoms with E-state index in [4.69, 9.17) is 0 Å². The zero-order valence-electron chi connectivity index (χ0n) is 16.3. The van der Waals surface area contributed by atoms with Gasteiger partial charge in [-0.25, -0.2) is 4.98 Å². The minimum atomic E-state index is 0.625. The first-order chi connectivity index (χ1) is 13.8. The zero-order chi connectivity index (χ0) is 18.9. The van der Waals surface area contributed by atoms with Crippen LogP contribution in [0.5, 0.6) is 0 Å². The second-order valence-electron chi connectivity index (χ2n) is 7.85. The summed E-state index contributed by atoms with van der Waals surface area (Å²) in [5.74, 6) is 1.64. The first kappa shape index (κ1) is 17.3. The number of H-pyrrole nitrogens is 1. The highest BCUT2D eigenvalue weighted by atomic mass is 15.1. The summed E-state index contributed by atoms with van der Waals surface area (Å²) in [5.41, 5.74) is 5.29. The minimum Gasteiger partial charge on any atom is -0.361 e. The van der Waals surface area contributed by atoms with Crippen molar-refractivity contribution in [2.45, 2.75) is 32.2 Å². The van der Waals surface area contributed by atoms with Gasteiger partial charge in [-0.1, -0.05) is 30.3 Å². The Bertz CT molecular complexity index is 1070. The number of aryl methyl sites for hydroxylation is 1. The number of aromatic amines is 1. The Morgan fingerprint density at radius 2 is 1.89 bits per heavy atom. The standard InChI is InChI=1S/C24H26N4/c1-18-25-11-14-28(18)21-7-8-24-22(15-21)23(16-26-24)20-9-12-27(13-10-20)17-19-5-3-2-4-6-19/h2-8,11,14-16,20,26H,9-10,12-13,17H2,1H3. The molecule has 5 rings (SSSR count). The number of piperidine rings is 1. The molecule has 4 heteroatoms. The van der Waals surface area contributed by atoms with Crippen molar-refractivity contribution in [3.8, 4) is 5.69 Å². The largest absolute Gasteiger partial charge is 0.361 e. The Morgan fingerprint density at radius 1 is 1.07 bits per heavy atom. The lowest BCUT2D eigenvalue weighted by Crippen LogP contribution is -2.32. The van der Waals surface area contributed by atoms with Gasteiger partial charge in [0.1, 0.15) is 5.82 Å². The van der Waals surface area contributed by atoms with Gasteiger partial charge in [0.25, 0.3) is 0 Å². The first-order valence-electron chi connectivity index (χ1n) is 10.2. The molecule has 0 spiro atoms. The van der Waals surface area contributed by atoms with Crippen molar-refractivity contribution in [1.82, 2.24) is 19.4 Å². The molecule has 28 heavy (non-hydrogen) atoms. The van der Waals surface area contributed by atoms with Gasteiger partial charge in [0.05, 0.1) is 0 Å². The molecule has 1 aliphatic rings. The van der Waals surface area contributed by atoms with E-state index in [1.165, 1.54) is 40.6 Å². The van der Waals surface area contributed by atoms with Crippen LogP contribution in [0, 0.1) is 6.92 Å². The number of rotatable bonds is 4. The lowest BCUT2D eigenvalue weighted by molar-refractivity contribution is 0.205. The monoisotopic (exact) mass is 370 g/mol. The van der Waals surface area contributed by atoms with Gasteiger partial charge in [0, 0.05) is 41.7 Å². The molecule has 0 amide bonds. The third-order valence-electron chi connectivity index (χ3n) is 6.08. The van der Waals surface area contributed by atoms with E-state index in [2.05, 4.69) is 74.2 Å². The predicted molar refractivity (Wildman–Crippen MR) is 114 cm³/mol. The average molecular weight is 371 g/mol. The smallest absolute Gasteiger partial charge is 0.110 e. The predicted octanol–water partition coefficient (Wildman–Crippen LogP) is 5.04. The lowest BCUT2D eigenvalue weighted by Gasteiger charge is -2.32. The molecule has 4 aromatic rings. The number of hydrogen-bond acceptors (Lipinski definition) is 2. The van der Waals surface area contributed by atoms with Crippen LogP contribution in [0.3, 0.4) is 0 Å². The number of imidazole rings is 1. The fraction of sp³-hybridized carbons (Fsp3) is 0.292. The average Bonchev–Trinajstić information content (AvgIpc) is 3.35. The second kappa shape index (κ2) is 7.28. The quantitative estimate of drug-likeness (QED) is 0.546. The van der Waals surface area contributed by atoms with E-state index in [-0.39, 0.29) is 0 Å². The molecule has 1 saturated heterocycles. The van der Waals surface area contributed by atoms with Crippen LogP contribution in [0.1, 0.15) is 35.7 Å². The molecule has 0 aliphatic carbocycles. The number of aromatic nitrogens is 3. The van der Waals surface area contributed by atoms with Crippen molar-refractivity contribution in [3.63, 3.8) is 0 Å². The van der Waals surface area contributed by atoms with Crippen molar-refractivity contribution in [2.24, 2.45) is 0 Å². The van der Waals surface area contributed by atoms with Gasteiger partial charge in [0.15, 0.2) is 0 Å². The molecule has 1 N–H and O–H groups in total. The van der Waals surface area contributed by atoms with Gasteiger partial charge in [-0.3, -0.25) is 4.90 Å². The van der Waals surface area contributed by atoms with Crippen LogP contribution in [0.2, 0.25) is 0 Å². The first-order valence-corrected chi connectivity index (χ1v) is 10.2. The van der Waals surface area contributed by atoms with Crippen molar-refractivity contribution < 1.29 is 0 Å².